The highest BCUT2D eigenvalue weighted by Crippen LogP contribution is 2.10. The highest BCUT2D eigenvalue weighted by molar-refractivity contribution is 5.26. The van der Waals surface area contributed by atoms with E-state index in [4.69, 9.17) is 8.85 Å². The Balaban J connectivity index is 2.38. The van der Waals surface area contributed by atoms with Gasteiger partial charge in [-0.3, -0.25) is 0 Å². The van der Waals surface area contributed by atoms with Gasteiger partial charge < -0.3 is 10.1 Å². The van der Waals surface area contributed by atoms with Crippen molar-refractivity contribution in [2.24, 2.45) is 0 Å². The van der Waals surface area contributed by atoms with Crippen LogP contribution in [-0.2, 0) is 6.54 Å². The Labute approximate surface area is 77.8 Å². The van der Waals surface area contributed by atoms with E-state index >= 15 is 0 Å². The van der Waals surface area contributed by atoms with Gasteiger partial charge in [0.2, 0.25) is 0 Å². The second-order valence-electron chi connectivity index (χ2n) is 2.45. The Morgan fingerprint density at radius 3 is 2.75 bits per heavy atom. The maximum absolute atomic E-state index is 7.01. The van der Waals surface area contributed by atoms with Gasteiger partial charge in [0.25, 0.3) is 0 Å². The molecule has 0 aromatic heterocycles. The van der Waals surface area contributed by atoms with Crippen LogP contribution in [0.1, 0.15) is 16.5 Å². The lowest BCUT2D eigenvalue weighted by Crippen LogP contribution is -2.11. The van der Waals surface area contributed by atoms with Crippen LogP contribution in [0.15, 0.2) is 24.3 Å². The lowest BCUT2D eigenvalue weighted by molar-refractivity contribution is 0.414. The normalized spacial score (nSPS) is 14.6. The van der Waals surface area contributed by atoms with E-state index in [0.717, 1.165) is 11.3 Å². The molecule has 66 valence electrons. The van der Waals surface area contributed by atoms with Crippen molar-refractivity contribution < 1.29 is 8.85 Å². The first-order valence-corrected chi connectivity index (χ1v) is 3.85. The lowest BCUT2D eigenvalue weighted by atomic mass is 10.2. The summed E-state index contributed by atoms with van der Waals surface area (Å²) in [6.45, 7) is -1.33. The van der Waals surface area contributed by atoms with Crippen LogP contribution in [-0.4, -0.2) is 13.7 Å². The van der Waals surface area contributed by atoms with Gasteiger partial charge in [0.05, 0.1) is 7.11 Å². The number of rotatable bonds is 4. The molecule has 0 atom stereocenters. The maximum Gasteiger partial charge on any atom is 0.118 e. The van der Waals surface area contributed by atoms with Crippen LogP contribution < -0.4 is 10.1 Å². The van der Waals surface area contributed by atoms with Crippen molar-refractivity contribution in [2.75, 3.05) is 13.7 Å². The Kier molecular flexibility index (Phi) is 2.23. The van der Waals surface area contributed by atoms with Crippen LogP contribution in [0, 0.1) is 0 Å². The number of nitrogens with one attached hydrogen (secondary N) is 1. The molecule has 1 N–H and O–H groups in total. The fraction of sp³-hybridized carbons (Fsp3) is 0.400. The van der Waals surface area contributed by atoms with Crippen molar-refractivity contribution in [1.29, 1.82) is 0 Å². The highest BCUT2D eigenvalue weighted by Gasteiger charge is 1.91. The van der Waals surface area contributed by atoms with Gasteiger partial charge in [-0.1, -0.05) is 19.0 Å². The highest BCUT2D eigenvalue weighted by atomic mass is 16.5. The van der Waals surface area contributed by atoms with Crippen molar-refractivity contribution in [3.05, 3.63) is 29.8 Å². The molecule has 0 aliphatic rings. The van der Waals surface area contributed by atoms with Crippen LogP contribution in [0.2, 0.25) is 0 Å². The Bertz CT molecular complexity index is 295. The number of benzene rings is 1. The molecule has 0 aliphatic heterocycles. The summed E-state index contributed by atoms with van der Waals surface area (Å²) in [5.74, 6) is 0.801. The molecule has 0 fully saturated rings. The van der Waals surface area contributed by atoms with Gasteiger partial charge in [-0.15, -0.1) is 0 Å². The fourth-order valence-electron chi connectivity index (χ4n) is 0.950. The summed E-state index contributed by atoms with van der Waals surface area (Å²) < 4.78 is 26.1. The molecular weight excluding hydrogens is 150 g/mol. The van der Waals surface area contributed by atoms with E-state index in [2.05, 4.69) is 5.32 Å². The van der Waals surface area contributed by atoms with Gasteiger partial charge in [-0.2, -0.15) is 0 Å². The van der Waals surface area contributed by atoms with E-state index in [0.29, 0.717) is 6.54 Å². The second-order valence-corrected chi connectivity index (χ2v) is 2.45. The summed E-state index contributed by atoms with van der Waals surface area (Å²) in [7, 11) is 1.61. The molecule has 0 heterocycles. The zero-order valence-electron chi connectivity index (χ0n) is 10.1. The smallest absolute Gasteiger partial charge is 0.118 e. The van der Waals surface area contributed by atoms with Crippen LogP contribution in [0.5, 0.6) is 5.75 Å². The number of ether oxygens (including phenoxy) is 1. The largest absolute Gasteiger partial charge is 0.497 e. The van der Waals surface area contributed by atoms with E-state index in [9.17, 15) is 0 Å². The molecule has 0 radical (unpaired) electrons. The topological polar surface area (TPSA) is 21.3 Å². The van der Waals surface area contributed by atoms with Crippen LogP contribution in [0.25, 0.3) is 0 Å². The summed E-state index contributed by atoms with van der Waals surface area (Å²) in [5, 5.41) is 2.88. The predicted octanol–water partition coefficient (Wildman–Crippen LogP) is 1.80. The Hall–Kier alpha value is -1.02. The molecule has 0 bridgehead atoms. The SMILES string of the molecule is [2H]C([2H])([2H])CNCc1ccc(OC)cc1. The van der Waals surface area contributed by atoms with Crippen molar-refractivity contribution in [2.45, 2.75) is 13.4 Å². The molecule has 12 heavy (non-hydrogen) atoms. The van der Waals surface area contributed by atoms with Crippen LogP contribution in [0.3, 0.4) is 0 Å². The molecule has 1 aromatic rings. The lowest BCUT2D eigenvalue weighted by Gasteiger charge is -2.03. The molecule has 0 saturated carbocycles. The number of methoxy groups -OCH3 is 1. The van der Waals surface area contributed by atoms with Crippen LogP contribution >= 0.6 is 0 Å². The van der Waals surface area contributed by atoms with E-state index < -0.39 is 6.85 Å². The summed E-state index contributed by atoms with van der Waals surface area (Å²) in [5.41, 5.74) is 1.04. The monoisotopic (exact) mass is 168 g/mol. The first kappa shape index (κ1) is 5.60. The van der Waals surface area contributed by atoms with Gasteiger partial charge in [-0.25, -0.2) is 0 Å². The molecule has 0 aliphatic carbocycles. The molecular formula is C10H15NO. The summed E-state index contributed by atoms with van der Waals surface area (Å²) in [4.78, 5) is 0. The van der Waals surface area contributed by atoms with Gasteiger partial charge in [-0.05, 0) is 24.2 Å². The summed E-state index contributed by atoms with van der Waals surface area (Å²) >= 11 is 0. The standard InChI is InChI=1S/C10H15NO/c1-3-11-8-9-4-6-10(12-2)7-5-9/h4-7,11H,3,8H2,1-2H3/i1D3. The van der Waals surface area contributed by atoms with Crippen molar-refractivity contribution in [3.8, 4) is 5.75 Å². The molecule has 0 unspecified atom stereocenters. The van der Waals surface area contributed by atoms with Crippen molar-refractivity contribution in [3.63, 3.8) is 0 Å². The predicted molar refractivity (Wildman–Crippen MR) is 50.4 cm³/mol. The zero-order chi connectivity index (χ0) is 11.3. The molecule has 1 rings (SSSR count). The van der Waals surface area contributed by atoms with Gasteiger partial charge in [0.1, 0.15) is 5.75 Å². The summed E-state index contributed by atoms with van der Waals surface area (Å²) in [6, 6.07) is 7.52. The third-order valence-corrected chi connectivity index (χ3v) is 1.61. The van der Waals surface area contributed by atoms with Gasteiger partial charge in [0.15, 0.2) is 0 Å². The average molecular weight is 168 g/mol. The zero-order valence-corrected chi connectivity index (χ0v) is 7.13. The molecule has 0 amide bonds. The molecule has 0 spiro atoms. The van der Waals surface area contributed by atoms with Gasteiger partial charge >= 0.3 is 0 Å². The van der Waals surface area contributed by atoms with Gasteiger partial charge in [0, 0.05) is 10.7 Å². The Morgan fingerprint density at radius 1 is 1.42 bits per heavy atom. The number of hydrogen-bond donors (Lipinski definition) is 1. The molecule has 2 heteroatoms. The molecule has 0 saturated heterocycles. The van der Waals surface area contributed by atoms with E-state index in [1.165, 1.54) is 0 Å². The van der Waals surface area contributed by atoms with E-state index in [1.807, 2.05) is 24.3 Å². The minimum Gasteiger partial charge on any atom is -0.497 e. The first-order valence-electron chi connectivity index (χ1n) is 5.35. The fourth-order valence-corrected chi connectivity index (χ4v) is 0.950. The quantitative estimate of drug-likeness (QED) is 0.740. The molecule has 1 aromatic carbocycles. The Morgan fingerprint density at radius 2 is 2.17 bits per heavy atom. The average Bonchev–Trinajstić information content (AvgIpc) is 2.17. The van der Waals surface area contributed by atoms with Crippen LogP contribution in [0.4, 0.5) is 0 Å². The maximum atomic E-state index is 7.01. The third kappa shape index (κ3) is 2.55. The first-order chi connectivity index (χ1) is 7.01. The summed E-state index contributed by atoms with van der Waals surface area (Å²) in [6.07, 6.45) is 0. The number of hydrogen-bond acceptors (Lipinski definition) is 2. The van der Waals surface area contributed by atoms with E-state index in [1.54, 1.807) is 7.11 Å². The minimum atomic E-state index is -1.91. The molecule has 2 nitrogen and oxygen atoms in total. The van der Waals surface area contributed by atoms with Crippen molar-refractivity contribution >= 4 is 0 Å². The van der Waals surface area contributed by atoms with Crippen molar-refractivity contribution in [1.82, 2.24) is 5.32 Å². The second kappa shape index (κ2) is 4.78. The third-order valence-electron chi connectivity index (χ3n) is 1.61. The minimum absolute atomic E-state index is 0.0268. The van der Waals surface area contributed by atoms with E-state index in [-0.39, 0.29) is 6.54 Å².